The summed E-state index contributed by atoms with van der Waals surface area (Å²) in [6, 6.07) is 16.2. The largest absolute Gasteiger partial charge is 0.411 e. The van der Waals surface area contributed by atoms with Gasteiger partial charge in [-0.2, -0.15) is 36.5 Å². The molecule has 428 valence electrons. The minimum absolute atomic E-state index is 0.0555. The predicted octanol–water partition coefficient (Wildman–Crippen LogP) is 14.1. The number of carbonyl (C=O) groups excluding carboxylic acids is 3. The normalized spacial score (nSPS) is 22.4. The number of hydrogen-bond acceptors (Lipinski definition) is 8. The molecule has 2 unspecified atom stereocenters. The number of anilines is 1. The maximum absolute atomic E-state index is 16.0. The van der Waals surface area contributed by atoms with Gasteiger partial charge in [-0.1, -0.05) is 81.7 Å². The summed E-state index contributed by atoms with van der Waals surface area (Å²) in [6.07, 6.45) is -9.13. The Labute approximate surface area is 463 Å². The Kier molecular flexibility index (Phi) is 13.3. The van der Waals surface area contributed by atoms with E-state index in [2.05, 4.69) is 39.0 Å². The molecule has 2 N–H and O–H groups in total. The standard InChI is InChI=1S/C64H74F6N4O6/c1-15-26-56(4,5)72-54(77)43-23-19-38(28-47(43)51-55(72)80-51)62(63(65,66)67,64(68,69)70)39-20-24-44-48(29-39)53(76)71(52(44)75)40-21-25-42-46(30-40)50(36-33-59(10,11)74(79)60(12,13)34-36)41-22-18-37(61(14,16-2)17-3)27-45(41)49(42)35-31-57(6,7)73(78)58(8,9)32-35/h18-25,27-30,51,55,78-79H,15-17,26,31-34H2,1-14H3. The van der Waals surface area contributed by atoms with Gasteiger partial charge in [0.1, 0.15) is 6.10 Å². The quantitative estimate of drug-likeness (QED) is 0.0649. The number of imide groups is 1. The molecular formula is C64H74F6N4O6. The topological polar surface area (TPSA) is 117 Å². The molecule has 5 heterocycles. The van der Waals surface area contributed by atoms with Crippen LogP contribution in [0.25, 0.3) is 32.7 Å². The van der Waals surface area contributed by atoms with E-state index in [1.165, 1.54) is 15.0 Å². The average Bonchev–Trinajstić information content (AvgIpc) is 3.86. The van der Waals surface area contributed by atoms with Crippen LogP contribution in [0, 0.1) is 0 Å². The number of halogens is 6. The minimum Gasteiger partial charge on any atom is -0.342 e. The van der Waals surface area contributed by atoms with E-state index < -0.39 is 92.2 Å². The highest BCUT2D eigenvalue weighted by Crippen LogP contribution is 2.59. The van der Waals surface area contributed by atoms with E-state index in [9.17, 15) is 24.8 Å². The molecule has 10 rings (SSSR count). The second kappa shape index (κ2) is 18.4. The van der Waals surface area contributed by atoms with Gasteiger partial charge in [-0.25, -0.2) is 4.90 Å². The third-order valence-electron chi connectivity index (χ3n) is 18.8. The van der Waals surface area contributed by atoms with Crippen LogP contribution >= 0.6 is 0 Å². The van der Waals surface area contributed by atoms with Crippen molar-refractivity contribution in [2.75, 3.05) is 4.90 Å². The molecular weight excluding hydrogens is 1030 g/mol. The van der Waals surface area contributed by atoms with Gasteiger partial charge in [0.25, 0.3) is 17.7 Å². The highest BCUT2D eigenvalue weighted by molar-refractivity contribution is 6.34. The lowest BCUT2D eigenvalue weighted by Gasteiger charge is -2.50. The van der Waals surface area contributed by atoms with Crippen molar-refractivity contribution in [3.05, 3.63) is 122 Å². The van der Waals surface area contributed by atoms with Gasteiger partial charge in [0.05, 0.1) is 16.8 Å². The Hall–Kier alpha value is -5.65. The van der Waals surface area contributed by atoms with E-state index in [4.69, 9.17) is 4.74 Å². The summed E-state index contributed by atoms with van der Waals surface area (Å²) in [5.41, 5.74) is -9.00. The van der Waals surface area contributed by atoms with Crippen molar-refractivity contribution in [3.63, 3.8) is 0 Å². The SMILES string of the molecule is CCCC(C)(C)N1C(=O)c2ccc(C(c3ccc4c(c3)C(=O)N(c3ccc5c(=C6CC(C)(C)N(O)C(C)(C)C6)c6cc(C(C)(CC)CC)ccc6c(=C6CC(C)(C)N(O)C(C)(C)C6)c5c3)C4=O)(C(F)(F)F)C(F)(F)F)cc2C2OC21. The number of benzene rings is 5. The molecule has 16 heteroatoms. The van der Waals surface area contributed by atoms with Gasteiger partial charge in [-0.05, 0) is 210 Å². The number of carbonyl (C=O) groups is 3. The summed E-state index contributed by atoms with van der Waals surface area (Å²) in [6.45, 7) is 28.0. The van der Waals surface area contributed by atoms with Crippen LogP contribution in [0.4, 0.5) is 32.0 Å². The number of epoxide rings is 1. The van der Waals surface area contributed by atoms with E-state index >= 15 is 26.3 Å². The monoisotopic (exact) mass is 1110 g/mol. The average molecular weight is 1110 g/mol. The minimum atomic E-state index is -6.05. The zero-order valence-electron chi connectivity index (χ0n) is 48.3. The van der Waals surface area contributed by atoms with Crippen molar-refractivity contribution in [1.82, 2.24) is 15.0 Å². The van der Waals surface area contributed by atoms with Crippen LogP contribution in [0.15, 0.2) is 72.8 Å². The van der Waals surface area contributed by atoms with Crippen molar-refractivity contribution in [2.24, 2.45) is 0 Å². The lowest BCUT2D eigenvalue weighted by atomic mass is 9.71. The summed E-state index contributed by atoms with van der Waals surface area (Å²) in [4.78, 5) is 46.0. The fourth-order valence-corrected chi connectivity index (χ4v) is 14.7. The van der Waals surface area contributed by atoms with E-state index in [1.54, 1.807) is 12.1 Å². The van der Waals surface area contributed by atoms with E-state index in [-0.39, 0.29) is 27.8 Å². The van der Waals surface area contributed by atoms with Gasteiger partial charge in [-0.15, -0.1) is 0 Å². The molecule has 5 aromatic carbocycles. The highest BCUT2D eigenvalue weighted by Gasteiger charge is 2.73. The molecule has 0 spiro atoms. The van der Waals surface area contributed by atoms with Crippen molar-refractivity contribution in [3.8, 4) is 0 Å². The second-order valence-corrected chi connectivity index (χ2v) is 26.7. The molecule has 2 atom stereocenters. The Morgan fingerprint density at radius 2 is 1.00 bits per heavy atom. The van der Waals surface area contributed by atoms with Crippen molar-refractivity contribution < 1.29 is 55.9 Å². The van der Waals surface area contributed by atoms with Crippen molar-refractivity contribution in [1.29, 1.82) is 0 Å². The number of fused-ring (bicyclic) bond motifs is 6. The maximum Gasteiger partial charge on any atom is 0.411 e. The zero-order chi connectivity index (χ0) is 58.8. The van der Waals surface area contributed by atoms with Crippen LogP contribution < -0.4 is 15.3 Å². The van der Waals surface area contributed by atoms with Crippen LogP contribution in [0.2, 0.25) is 0 Å². The second-order valence-electron chi connectivity index (χ2n) is 26.7. The first kappa shape index (κ1) is 57.6. The van der Waals surface area contributed by atoms with Gasteiger partial charge >= 0.3 is 12.4 Å². The molecule has 10 nitrogen and oxygen atoms in total. The van der Waals surface area contributed by atoms with E-state index in [0.29, 0.717) is 62.1 Å². The third-order valence-corrected chi connectivity index (χ3v) is 18.8. The first-order valence-electron chi connectivity index (χ1n) is 28.0. The molecule has 3 amide bonds. The zero-order valence-corrected chi connectivity index (χ0v) is 48.3. The molecule has 0 bridgehead atoms. The van der Waals surface area contributed by atoms with E-state index in [0.717, 1.165) is 79.2 Å². The maximum atomic E-state index is 16.0. The molecule has 0 aromatic heterocycles. The van der Waals surface area contributed by atoms with Gasteiger partial charge in [-0.3, -0.25) is 14.4 Å². The number of nitrogens with zero attached hydrogens (tertiary/aromatic N) is 4. The summed E-state index contributed by atoms with van der Waals surface area (Å²) in [5.74, 6) is -2.60. The number of hydroxylamine groups is 4. The predicted molar refractivity (Wildman–Crippen MR) is 297 cm³/mol. The fourth-order valence-electron chi connectivity index (χ4n) is 14.7. The number of ether oxygens (including phenoxy) is 1. The molecule has 0 aliphatic carbocycles. The Balaban J connectivity index is 1.19. The summed E-state index contributed by atoms with van der Waals surface area (Å²) in [5, 5.41) is 31.1. The van der Waals surface area contributed by atoms with Gasteiger partial charge in [0.15, 0.2) is 6.23 Å². The van der Waals surface area contributed by atoms with E-state index in [1.807, 2.05) is 82.2 Å². The van der Waals surface area contributed by atoms with Crippen LogP contribution in [0.1, 0.15) is 208 Å². The molecule has 80 heavy (non-hydrogen) atoms. The van der Waals surface area contributed by atoms with Crippen LogP contribution in [-0.4, -0.2) is 89.4 Å². The third kappa shape index (κ3) is 8.48. The number of rotatable bonds is 9. The summed E-state index contributed by atoms with van der Waals surface area (Å²) < 4.78 is 102. The van der Waals surface area contributed by atoms with Crippen molar-refractivity contribution >= 4 is 56.1 Å². The number of hydrogen-bond donors (Lipinski definition) is 2. The molecule has 3 fully saturated rings. The van der Waals surface area contributed by atoms with Crippen LogP contribution in [-0.2, 0) is 15.6 Å². The summed E-state index contributed by atoms with van der Waals surface area (Å²) in [7, 11) is 0. The highest BCUT2D eigenvalue weighted by atomic mass is 19.4. The molecule has 0 saturated carbocycles. The lowest BCUT2D eigenvalue weighted by molar-refractivity contribution is -0.288. The first-order chi connectivity index (χ1) is 36.9. The molecule has 5 aliphatic heterocycles. The number of amides is 3. The molecule has 5 aromatic rings. The van der Waals surface area contributed by atoms with Crippen LogP contribution in [0.5, 0.6) is 0 Å². The van der Waals surface area contributed by atoms with Gasteiger partial charge < -0.3 is 20.1 Å². The Morgan fingerprint density at radius 1 is 0.550 bits per heavy atom. The molecule has 0 radical (unpaired) electrons. The fraction of sp³-hybridized carbons (Fsp3) is 0.516. The van der Waals surface area contributed by atoms with Crippen molar-refractivity contribution in [2.45, 2.75) is 212 Å². The molecule has 3 saturated heterocycles. The number of alkyl halides is 6. The number of piperidine rings is 2. The van der Waals surface area contributed by atoms with Crippen LogP contribution in [0.3, 0.4) is 0 Å². The van der Waals surface area contributed by atoms with Gasteiger partial charge in [0, 0.05) is 33.3 Å². The summed E-state index contributed by atoms with van der Waals surface area (Å²) >= 11 is 0. The Bertz CT molecular complexity index is 3540. The lowest BCUT2D eigenvalue weighted by Crippen LogP contribution is -2.57. The van der Waals surface area contributed by atoms with Gasteiger partial charge in [0.2, 0.25) is 5.41 Å². The first-order valence-corrected chi connectivity index (χ1v) is 28.0. The molecule has 5 aliphatic rings. The Morgan fingerprint density at radius 3 is 1.49 bits per heavy atom. The smallest absolute Gasteiger partial charge is 0.342 e.